The van der Waals surface area contributed by atoms with Gasteiger partial charge in [-0.2, -0.15) is 0 Å². The Morgan fingerprint density at radius 2 is 2.00 bits per heavy atom. The Kier molecular flexibility index (Phi) is 3.32. The second-order valence-electron chi connectivity index (χ2n) is 3.55. The number of hydrogen-bond acceptors (Lipinski definition) is 2. The molecule has 0 aliphatic carbocycles. The Hall–Kier alpha value is -1.02. The van der Waals surface area contributed by atoms with Gasteiger partial charge in [-0.25, -0.2) is 0 Å². The number of ether oxygens (including phenoxy) is 1. The lowest BCUT2D eigenvalue weighted by Crippen LogP contribution is -2.16. The maximum absolute atomic E-state index is 6.01. The Morgan fingerprint density at radius 1 is 1.31 bits per heavy atom. The summed E-state index contributed by atoms with van der Waals surface area (Å²) in [6.07, 6.45) is 0. The smallest absolute Gasteiger partial charge is 0.119 e. The van der Waals surface area contributed by atoms with E-state index in [2.05, 4.69) is 13.8 Å². The molecule has 2 N–H and O–H groups in total. The van der Waals surface area contributed by atoms with Crippen molar-refractivity contribution in [2.45, 2.75) is 19.9 Å². The van der Waals surface area contributed by atoms with Crippen molar-refractivity contribution in [2.24, 2.45) is 11.7 Å². The van der Waals surface area contributed by atoms with Crippen LogP contribution < -0.4 is 10.5 Å². The van der Waals surface area contributed by atoms with Gasteiger partial charge in [-0.05, 0) is 23.6 Å². The van der Waals surface area contributed by atoms with Gasteiger partial charge in [-0.3, -0.25) is 0 Å². The molecule has 0 spiro atoms. The fourth-order valence-electron chi connectivity index (χ4n) is 1.23. The van der Waals surface area contributed by atoms with Gasteiger partial charge in [0.25, 0.3) is 0 Å². The van der Waals surface area contributed by atoms with E-state index in [1.54, 1.807) is 7.11 Å². The molecule has 2 nitrogen and oxygen atoms in total. The summed E-state index contributed by atoms with van der Waals surface area (Å²) >= 11 is 0. The van der Waals surface area contributed by atoms with E-state index in [1.165, 1.54) is 0 Å². The Labute approximate surface area is 79.7 Å². The number of nitrogens with two attached hydrogens (primary N) is 1. The van der Waals surface area contributed by atoms with Crippen LogP contribution in [0.5, 0.6) is 5.75 Å². The van der Waals surface area contributed by atoms with E-state index < -0.39 is 0 Å². The van der Waals surface area contributed by atoms with Gasteiger partial charge in [0.2, 0.25) is 0 Å². The third kappa shape index (κ3) is 2.46. The molecule has 0 aromatic heterocycles. The van der Waals surface area contributed by atoms with Gasteiger partial charge in [-0.1, -0.05) is 26.0 Å². The first-order valence-corrected chi connectivity index (χ1v) is 4.54. The quantitative estimate of drug-likeness (QED) is 0.773. The summed E-state index contributed by atoms with van der Waals surface area (Å²) in [6, 6.07) is 8.01. The molecule has 0 unspecified atom stereocenters. The SMILES string of the molecule is COc1cccc([C@H](N)C(C)C)c1. The maximum atomic E-state index is 6.01. The first kappa shape index (κ1) is 10.1. The van der Waals surface area contributed by atoms with Crippen molar-refractivity contribution in [1.29, 1.82) is 0 Å². The van der Waals surface area contributed by atoms with Gasteiger partial charge in [0.15, 0.2) is 0 Å². The minimum atomic E-state index is 0.0927. The van der Waals surface area contributed by atoms with Crippen LogP contribution in [0.3, 0.4) is 0 Å². The number of methoxy groups -OCH3 is 1. The first-order chi connectivity index (χ1) is 6.15. The molecule has 1 atom stereocenters. The lowest BCUT2D eigenvalue weighted by atomic mass is 9.97. The van der Waals surface area contributed by atoms with Crippen LogP contribution in [0, 0.1) is 5.92 Å². The van der Waals surface area contributed by atoms with Crippen molar-refractivity contribution in [2.75, 3.05) is 7.11 Å². The van der Waals surface area contributed by atoms with Gasteiger partial charge in [-0.15, -0.1) is 0 Å². The molecule has 2 heteroatoms. The number of rotatable bonds is 3. The van der Waals surface area contributed by atoms with Crippen LogP contribution in [0.25, 0.3) is 0 Å². The first-order valence-electron chi connectivity index (χ1n) is 4.54. The summed E-state index contributed by atoms with van der Waals surface area (Å²) in [4.78, 5) is 0. The molecular weight excluding hydrogens is 162 g/mol. The molecule has 0 fully saturated rings. The maximum Gasteiger partial charge on any atom is 0.119 e. The summed E-state index contributed by atoms with van der Waals surface area (Å²) < 4.78 is 5.13. The summed E-state index contributed by atoms with van der Waals surface area (Å²) in [5.74, 6) is 1.32. The third-order valence-electron chi connectivity index (χ3n) is 2.20. The Morgan fingerprint density at radius 3 is 2.54 bits per heavy atom. The fraction of sp³-hybridized carbons (Fsp3) is 0.455. The molecule has 1 aromatic rings. The van der Waals surface area contributed by atoms with Crippen LogP contribution in [0.1, 0.15) is 25.5 Å². The second kappa shape index (κ2) is 4.28. The van der Waals surface area contributed by atoms with Crippen molar-refractivity contribution in [3.8, 4) is 5.75 Å². The molecule has 0 bridgehead atoms. The number of hydrogen-bond donors (Lipinski definition) is 1. The van der Waals surface area contributed by atoms with Crippen LogP contribution in [0.2, 0.25) is 0 Å². The average molecular weight is 179 g/mol. The van der Waals surface area contributed by atoms with E-state index in [1.807, 2.05) is 24.3 Å². The van der Waals surface area contributed by atoms with Gasteiger partial charge in [0.05, 0.1) is 7.11 Å². The van der Waals surface area contributed by atoms with E-state index in [0.29, 0.717) is 5.92 Å². The normalized spacial score (nSPS) is 13.0. The predicted molar refractivity (Wildman–Crippen MR) is 54.8 cm³/mol. The molecule has 0 aliphatic rings. The van der Waals surface area contributed by atoms with Crippen LogP contribution >= 0.6 is 0 Å². The summed E-state index contributed by atoms with van der Waals surface area (Å²) in [5.41, 5.74) is 7.14. The molecule has 0 aliphatic heterocycles. The second-order valence-corrected chi connectivity index (χ2v) is 3.55. The third-order valence-corrected chi connectivity index (χ3v) is 2.20. The largest absolute Gasteiger partial charge is 0.497 e. The highest BCUT2D eigenvalue weighted by atomic mass is 16.5. The summed E-state index contributed by atoms with van der Waals surface area (Å²) in [7, 11) is 1.67. The van der Waals surface area contributed by atoms with E-state index >= 15 is 0 Å². The average Bonchev–Trinajstić information content (AvgIpc) is 2.16. The Balaban J connectivity index is 2.88. The van der Waals surface area contributed by atoms with Gasteiger partial charge < -0.3 is 10.5 Å². The molecule has 0 radical (unpaired) electrons. The highest BCUT2D eigenvalue weighted by Crippen LogP contribution is 2.22. The van der Waals surface area contributed by atoms with Crippen molar-refractivity contribution < 1.29 is 4.74 Å². The standard InChI is InChI=1S/C11H17NO/c1-8(2)11(12)9-5-4-6-10(7-9)13-3/h4-8,11H,12H2,1-3H3/t11-/m1/s1. The minimum Gasteiger partial charge on any atom is -0.497 e. The molecular formula is C11H17NO. The zero-order valence-corrected chi connectivity index (χ0v) is 8.45. The minimum absolute atomic E-state index is 0.0927. The monoisotopic (exact) mass is 179 g/mol. The zero-order valence-electron chi connectivity index (χ0n) is 8.45. The topological polar surface area (TPSA) is 35.2 Å². The van der Waals surface area contributed by atoms with Gasteiger partial charge in [0.1, 0.15) is 5.75 Å². The highest BCUT2D eigenvalue weighted by molar-refractivity contribution is 5.30. The van der Waals surface area contributed by atoms with E-state index in [9.17, 15) is 0 Å². The summed E-state index contributed by atoms with van der Waals surface area (Å²) in [5, 5.41) is 0. The van der Waals surface area contributed by atoms with Crippen LogP contribution in [-0.2, 0) is 0 Å². The molecule has 0 saturated carbocycles. The predicted octanol–water partition coefficient (Wildman–Crippen LogP) is 2.35. The zero-order chi connectivity index (χ0) is 9.84. The molecule has 0 amide bonds. The fourth-order valence-corrected chi connectivity index (χ4v) is 1.23. The van der Waals surface area contributed by atoms with Crippen molar-refractivity contribution >= 4 is 0 Å². The molecule has 1 rings (SSSR count). The van der Waals surface area contributed by atoms with Crippen LogP contribution in [-0.4, -0.2) is 7.11 Å². The van der Waals surface area contributed by atoms with Crippen molar-refractivity contribution in [1.82, 2.24) is 0 Å². The summed E-state index contributed by atoms with van der Waals surface area (Å²) in [6.45, 7) is 4.23. The number of benzene rings is 1. The lowest BCUT2D eigenvalue weighted by Gasteiger charge is -2.16. The lowest BCUT2D eigenvalue weighted by molar-refractivity contribution is 0.412. The highest BCUT2D eigenvalue weighted by Gasteiger charge is 2.10. The van der Waals surface area contributed by atoms with Crippen LogP contribution in [0.15, 0.2) is 24.3 Å². The molecule has 72 valence electrons. The van der Waals surface area contributed by atoms with Crippen molar-refractivity contribution in [3.05, 3.63) is 29.8 Å². The molecule has 0 saturated heterocycles. The van der Waals surface area contributed by atoms with Crippen molar-refractivity contribution in [3.63, 3.8) is 0 Å². The van der Waals surface area contributed by atoms with E-state index in [4.69, 9.17) is 10.5 Å². The van der Waals surface area contributed by atoms with Gasteiger partial charge in [0, 0.05) is 6.04 Å². The van der Waals surface area contributed by atoms with E-state index in [0.717, 1.165) is 11.3 Å². The molecule has 0 heterocycles. The molecule has 13 heavy (non-hydrogen) atoms. The van der Waals surface area contributed by atoms with E-state index in [-0.39, 0.29) is 6.04 Å². The Bertz CT molecular complexity index is 271. The van der Waals surface area contributed by atoms with Gasteiger partial charge >= 0.3 is 0 Å². The molecule has 1 aromatic carbocycles. The van der Waals surface area contributed by atoms with Crippen LogP contribution in [0.4, 0.5) is 0 Å².